The van der Waals surface area contributed by atoms with Gasteiger partial charge in [0.2, 0.25) is 5.82 Å². The maximum absolute atomic E-state index is 13.0. The fourth-order valence-electron chi connectivity index (χ4n) is 2.88. The van der Waals surface area contributed by atoms with E-state index in [2.05, 4.69) is 26.0 Å². The highest BCUT2D eigenvalue weighted by Gasteiger charge is 2.32. The highest BCUT2D eigenvalue weighted by Crippen LogP contribution is 2.39. The SMILES string of the molecule is Cc1cc(N(C)C(=O)c2nc(C3CC3)n(-c3ccccc3)n2)ccc1Br. The molecule has 1 heterocycles. The summed E-state index contributed by atoms with van der Waals surface area (Å²) in [6, 6.07) is 15.7. The van der Waals surface area contributed by atoms with Crippen LogP contribution in [0.2, 0.25) is 0 Å². The number of carbonyl (C=O) groups is 1. The van der Waals surface area contributed by atoms with Gasteiger partial charge in [0.1, 0.15) is 5.82 Å². The summed E-state index contributed by atoms with van der Waals surface area (Å²) in [6.45, 7) is 2.00. The normalized spacial score (nSPS) is 13.7. The standard InChI is InChI=1S/C20H19BrN4O/c1-13-12-16(10-11-17(13)21)24(2)20(26)18-22-19(14-8-9-14)25(23-18)15-6-4-3-5-7-15/h3-7,10-12,14H,8-9H2,1-2H3. The van der Waals surface area contributed by atoms with Crippen LogP contribution in [0, 0.1) is 6.92 Å². The Morgan fingerprint density at radius 2 is 1.92 bits per heavy atom. The van der Waals surface area contributed by atoms with Crippen LogP contribution in [0.4, 0.5) is 5.69 Å². The van der Waals surface area contributed by atoms with Crippen LogP contribution in [0.5, 0.6) is 0 Å². The van der Waals surface area contributed by atoms with Crippen molar-refractivity contribution in [3.8, 4) is 5.69 Å². The topological polar surface area (TPSA) is 51.0 Å². The maximum atomic E-state index is 13.0. The molecule has 0 spiro atoms. The van der Waals surface area contributed by atoms with Crippen molar-refractivity contribution in [1.82, 2.24) is 14.8 Å². The van der Waals surface area contributed by atoms with E-state index in [0.717, 1.165) is 40.1 Å². The summed E-state index contributed by atoms with van der Waals surface area (Å²) in [6.07, 6.45) is 2.20. The van der Waals surface area contributed by atoms with Crippen LogP contribution in [0.1, 0.15) is 40.8 Å². The van der Waals surface area contributed by atoms with Gasteiger partial charge in [-0.05, 0) is 55.7 Å². The van der Waals surface area contributed by atoms with Crippen molar-refractivity contribution in [3.63, 3.8) is 0 Å². The number of anilines is 1. The molecule has 1 saturated carbocycles. The molecule has 1 amide bonds. The van der Waals surface area contributed by atoms with Gasteiger partial charge in [-0.3, -0.25) is 4.79 Å². The predicted molar refractivity (Wildman–Crippen MR) is 105 cm³/mol. The lowest BCUT2D eigenvalue weighted by molar-refractivity contribution is 0.0983. The highest BCUT2D eigenvalue weighted by atomic mass is 79.9. The minimum absolute atomic E-state index is 0.205. The molecule has 0 radical (unpaired) electrons. The summed E-state index contributed by atoms with van der Waals surface area (Å²) in [7, 11) is 1.75. The van der Waals surface area contributed by atoms with E-state index in [4.69, 9.17) is 0 Å². The third-order valence-electron chi connectivity index (χ3n) is 4.60. The van der Waals surface area contributed by atoms with Gasteiger partial charge in [-0.15, -0.1) is 5.10 Å². The van der Waals surface area contributed by atoms with Gasteiger partial charge in [-0.2, -0.15) is 0 Å². The number of nitrogens with zero attached hydrogens (tertiary/aromatic N) is 4. The number of amides is 1. The van der Waals surface area contributed by atoms with Crippen LogP contribution in [-0.4, -0.2) is 27.7 Å². The van der Waals surface area contributed by atoms with E-state index in [0.29, 0.717) is 5.92 Å². The molecule has 132 valence electrons. The van der Waals surface area contributed by atoms with Gasteiger partial charge in [-0.1, -0.05) is 34.1 Å². The number of para-hydroxylation sites is 1. The zero-order valence-electron chi connectivity index (χ0n) is 14.7. The molecule has 6 heteroatoms. The number of aryl methyl sites for hydroxylation is 1. The fraction of sp³-hybridized carbons (Fsp3) is 0.250. The Kier molecular flexibility index (Phi) is 4.36. The van der Waals surface area contributed by atoms with Gasteiger partial charge in [0.25, 0.3) is 5.91 Å². The monoisotopic (exact) mass is 410 g/mol. The van der Waals surface area contributed by atoms with Crippen molar-refractivity contribution >= 4 is 27.5 Å². The molecule has 1 aromatic heterocycles. The highest BCUT2D eigenvalue weighted by molar-refractivity contribution is 9.10. The number of rotatable bonds is 4. The van der Waals surface area contributed by atoms with Crippen LogP contribution in [0.25, 0.3) is 5.69 Å². The first-order valence-corrected chi connectivity index (χ1v) is 9.40. The minimum Gasteiger partial charge on any atom is -0.309 e. The molecule has 0 unspecified atom stereocenters. The van der Waals surface area contributed by atoms with Crippen molar-refractivity contribution in [3.05, 3.63) is 70.2 Å². The van der Waals surface area contributed by atoms with E-state index in [1.165, 1.54) is 0 Å². The maximum Gasteiger partial charge on any atom is 0.297 e. The van der Waals surface area contributed by atoms with Gasteiger partial charge in [-0.25, -0.2) is 9.67 Å². The average Bonchev–Trinajstić information content (AvgIpc) is 3.42. The Bertz CT molecular complexity index is 963. The molecule has 2 aromatic carbocycles. The quantitative estimate of drug-likeness (QED) is 0.636. The number of hydrogen-bond donors (Lipinski definition) is 0. The first kappa shape index (κ1) is 17.0. The van der Waals surface area contributed by atoms with Crippen molar-refractivity contribution in [2.45, 2.75) is 25.7 Å². The van der Waals surface area contributed by atoms with Crippen molar-refractivity contribution in [1.29, 1.82) is 0 Å². The van der Waals surface area contributed by atoms with E-state index in [-0.39, 0.29) is 11.7 Å². The molecule has 4 rings (SSSR count). The summed E-state index contributed by atoms with van der Waals surface area (Å²) in [5.41, 5.74) is 2.83. The van der Waals surface area contributed by atoms with Crippen LogP contribution in [-0.2, 0) is 0 Å². The van der Waals surface area contributed by atoms with Gasteiger partial charge in [0, 0.05) is 23.1 Å². The lowest BCUT2D eigenvalue weighted by atomic mass is 10.2. The van der Waals surface area contributed by atoms with Crippen LogP contribution in [0.15, 0.2) is 53.0 Å². The molecule has 0 atom stereocenters. The van der Waals surface area contributed by atoms with E-state index >= 15 is 0 Å². The Balaban J connectivity index is 1.69. The second-order valence-electron chi connectivity index (χ2n) is 6.61. The van der Waals surface area contributed by atoms with Crippen LogP contribution < -0.4 is 4.90 Å². The molecular weight excluding hydrogens is 392 g/mol. The molecule has 5 nitrogen and oxygen atoms in total. The summed E-state index contributed by atoms with van der Waals surface area (Å²) in [5, 5.41) is 4.53. The second-order valence-corrected chi connectivity index (χ2v) is 7.47. The Hall–Kier alpha value is -2.47. The summed E-state index contributed by atoms with van der Waals surface area (Å²) in [5.74, 6) is 1.30. The van der Waals surface area contributed by atoms with Gasteiger partial charge in [0.05, 0.1) is 5.69 Å². The zero-order valence-corrected chi connectivity index (χ0v) is 16.3. The largest absolute Gasteiger partial charge is 0.309 e. The summed E-state index contributed by atoms with van der Waals surface area (Å²) >= 11 is 3.49. The van der Waals surface area contributed by atoms with E-state index < -0.39 is 0 Å². The smallest absolute Gasteiger partial charge is 0.297 e. The minimum atomic E-state index is -0.205. The fourth-order valence-corrected chi connectivity index (χ4v) is 3.13. The Labute approximate surface area is 160 Å². The summed E-state index contributed by atoms with van der Waals surface area (Å²) < 4.78 is 2.83. The molecule has 1 fully saturated rings. The van der Waals surface area contributed by atoms with Crippen LogP contribution >= 0.6 is 15.9 Å². The first-order valence-electron chi connectivity index (χ1n) is 8.61. The molecule has 0 saturated heterocycles. The third kappa shape index (κ3) is 3.17. The summed E-state index contributed by atoms with van der Waals surface area (Å²) in [4.78, 5) is 19.1. The molecule has 26 heavy (non-hydrogen) atoms. The molecule has 0 aliphatic heterocycles. The molecular formula is C20H19BrN4O. The Morgan fingerprint density at radius 1 is 1.19 bits per heavy atom. The zero-order chi connectivity index (χ0) is 18.3. The molecule has 0 N–H and O–H groups in total. The molecule has 1 aliphatic carbocycles. The van der Waals surface area contributed by atoms with Crippen molar-refractivity contribution in [2.75, 3.05) is 11.9 Å². The van der Waals surface area contributed by atoms with Gasteiger partial charge < -0.3 is 4.90 Å². The van der Waals surface area contributed by atoms with E-state index in [1.54, 1.807) is 11.9 Å². The molecule has 1 aliphatic rings. The van der Waals surface area contributed by atoms with Gasteiger partial charge in [0.15, 0.2) is 0 Å². The Morgan fingerprint density at radius 3 is 2.58 bits per heavy atom. The second kappa shape index (κ2) is 6.68. The van der Waals surface area contributed by atoms with Crippen LogP contribution in [0.3, 0.4) is 0 Å². The van der Waals surface area contributed by atoms with Crippen molar-refractivity contribution < 1.29 is 4.79 Å². The number of halogens is 1. The van der Waals surface area contributed by atoms with E-state index in [1.807, 2.05) is 60.1 Å². The number of carbonyl (C=O) groups excluding carboxylic acids is 1. The number of hydrogen-bond acceptors (Lipinski definition) is 3. The van der Waals surface area contributed by atoms with Gasteiger partial charge >= 0.3 is 0 Å². The lowest BCUT2D eigenvalue weighted by Gasteiger charge is -2.16. The third-order valence-corrected chi connectivity index (χ3v) is 5.49. The predicted octanol–water partition coefficient (Wildman–Crippen LogP) is 4.49. The number of aromatic nitrogens is 3. The van der Waals surface area contributed by atoms with E-state index in [9.17, 15) is 4.79 Å². The number of benzene rings is 2. The first-order chi connectivity index (χ1) is 12.5. The lowest BCUT2D eigenvalue weighted by Crippen LogP contribution is -2.27. The van der Waals surface area contributed by atoms with Crippen molar-refractivity contribution in [2.24, 2.45) is 0 Å². The average molecular weight is 411 g/mol. The molecule has 3 aromatic rings. The molecule has 0 bridgehead atoms.